The second-order valence-corrected chi connectivity index (χ2v) is 5.46. The fraction of sp³-hybridized carbons (Fsp3) is 0.267. The van der Waals surface area contributed by atoms with Gasteiger partial charge in [0.15, 0.2) is 5.82 Å². The Kier molecular flexibility index (Phi) is 3.78. The van der Waals surface area contributed by atoms with E-state index in [0.717, 1.165) is 0 Å². The number of nitrogens with one attached hydrogen (secondary N) is 2. The maximum atomic E-state index is 13.2. The largest absolute Gasteiger partial charge is 0.481 e. The van der Waals surface area contributed by atoms with Crippen molar-refractivity contribution in [1.82, 2.24) is 10.2 Å². The number of H-pyrrole nitrogens is 1. The van der Waals surface area contributed by atoms with Crippen LogP contribution in [-0.2, 0) is 15.8 Å². The number of nitrogens with zero attached hydrogens (tertiary/aromatic N) is 1. The average Bonchev–Trinajstić information content (AvgIpc) is 3.22. The lowest BCUT2D eigenvalue weighted by Gasteiger charge is -2.09. The SMILES string of the molecule is O=C(O)[C@@H]1C[C@H]1C(=O)Nc1n[nH]c(C(F)(F)F)c1-c1ccccc1. The lowest BCUT2D eigenvalue weighted by molar-refractivity contribution is -0.141. The van der Waals surface area contributed by atoms with Crippen LogP contribution in [0.1, 0.15) is 12.1 Å². The van der Waals surface area contributed by atoms with Crippen LogP contribution in [0, 0.1) is 11.8 Å². The Morgan fingerprint density at radius 2 is 1.88 bits per heavy atom. The summed E-state index contributed by atoms with van der Waals surface area (Å²) in [6, 6.07) is 7.71. The summed E-state index contributed by atoms with van der Waals surface area (Å²) in [7, 11) is 0. The van der Waals surface area contributed by atoms with Gasteiger partial charge in [-0.1, -0.05) is 30.3 Å². The molecule has 6 nitrogen and oxygen atoms in total. The summed E-state index contributed by atoms with van der Waals surface area (Å²) in [6.07, 6.45) is -4.51. The number of halogens is 3. The average molecular weight is 339 g/mol. The van der Waals surface area contributed by atoms with Crippen molar-refractivity contribution < 1.29 is 27.9 Å². The zero-order valence-electron chi connectivity index (χ0n) is 12.1. The van der Waals surface area contributed by atoms with Crippen LogP contribution in [-0.4, -0.2) is 27.2 Å². The van der Waals surface area contributed by atoms with Gasteiger partial charge < -0.3 is 10.4 Å². The van der Waals surface area contributed by atoms with Crippen molar-refractivity contribution in [2.24, 2.45) is 11.8 Å². The minimum Gasteiger partial charge on any atom is -0.481 e. The summed E-state index contributed by atoms with van der Waals surface area (Å²) in [5, 5.41) is 16.6. The Bertz CT molecular complexity index is 786. The van der Waals surface area contributed by atoms with Gasteiger partial charge in [-0.3, -0.25) is 14.7 Å². The topological polar surface area (TPSA) is 95.1 Å². The zero-order valence-corrected chi connectivity index (χ0v) is 12.1. The fourth-order valence-electron chi connectivity index (χ4n) is 2.49. The van der Waals surface area contributed by atoms with E-state index in [-0.39, 0.29) is 23.4 Å². The van der Waals surface area contributed by atoms with Crippen LogP contribution in [0.2, 0.25) is 0 Å². The van der Waals surface area contributed by atoms with Crippen LogP contribution in [0.25, 0.3) is 11.1 Å². The van der Waals surface area contributed by atoms with Gasteiger partial charge in [0.2, 0.25) is 5.91 Å². The predicted molar refractivity (Wildman–Crippen MR) is 76.9 cm³/mol. The first kappa shape index (κ1) is 16.0. The standard InChI is InChI=1S/C15H12F3N3O3/c16-15(17,18)11-10(7-4-2-1-3-5-7)12(21-20-11)19-13(22)8-6-9(8)14(23)24/h1-5,8-9H,6H2,(H,23,24)(H2,19,20,21,22)/t8-,9-/m1/s1. The number of carbonyl (C=O) groups excluding carboxylic acids is 1. The van der Waals surface area contributed by atoms with Gasteiger partial charge in [0.05, 0.1) is 17.4 Å². The number of benzene rings is 1. The molecule has 9 heteroatoms. The number of aromatic amines is 1. The molecule has 3 rings (SSSR count). The summed E-state index contributed by atoms with van der Waals surface area (Å²) in [4.78, 5) is 22.8. The van der Waals surface area contributed by atoms with Gasteiger partial charge in [-0.15, -0.1) is 0 Å². The number of amides is 1. The number of anilines is 1. The van der Waals surface area contributed by atoms with Crippen LogP contribution in [0.3, 0.4) is 0 Å². The third-order valence-electron chi connectivity index (χ3n) is 3.80. The van der Waals surface area contributed by atoms with E-state index >= 15 is 0 Å². The quantitative estimate of drug-likeness (QED) is 0.798. The number of aliphatic carboxylic acids is 1. The Morgan fingerprint density at radius 1 is 1.21 bits per heavy atom. The second-order valence-electron chi connectivity index (χ2n) is 5.46. The van der Waals surface area contributed by atoms with Crippen molar-refractivity contribution in [3.63, 3.8) is 0 Å². The number of hydrogen-bond donors (Lipinski definition) is 3. The molecule has 1 aromatic carbocycles. The molecule has 1 fully saturated rings. The van der Waals surface area contributed by atoms with E-state index in [0.29, 0.717) is 0 Å². The van der Waals surface area contributed by atoms with Crippen molar-refractivity contribution in [3.05, 3.63) is 36.0 Å². The Hall–Kier alpha value is -2.84. The maximum absolute atomic E-state index is 13.2. The first-order chi connectivity index (χ1) is 11.3. The molecule has 0 aliphatic heterocycles. The van der Waals surface area contributed by atoms with E-state index in [1.54, 1.807) is 18.2 Å². The van der Waals surface area contributed by atoms with Crippen LogP contribution < -0.4 is 5.32 Å². The number of hydrogen-bond acceptors (Lipinski definition) is 3. The molecule has 1 saturated carbocycles. The molecule has 0 spiro atoms. The molecule has 0 bridgehead atoms. The summed E-state index contributed by atoms with van der Waals surface area (Å²) in [5.74, 6) is -3.57. The minimum atomic E-state index is -4.68. The highest BCUT2D eigenvalue weighted by Crippen LogP contribution is 2.42. The first-order valence-electron chi connectivity index (χ1n) is 7.03. The molecule has 1 aromatic heterocycles. The lowest BCUT2D eigenvalue weighted by Crippen LogP contribution is -2.17. The van der Waals surface area contributed by atoms with Crippen molar-refractivity contribution >= 4 is 17.7 Å². The molecule has 2 aromatic rings. The molecule has 1 amide bonds. The Balaban J connectivity index is 1.93. The van der Waals surface area contributed by atoms with E-state index in [2.05, 4.69) is 10.4 Å². The minimum absolute atomic E-state index is 0.165. The van der Waals surface area contributed by atoms with Gasteiger partial charge >= 0.3 is 12.1 Å². The summed E-state index contributed by atoms with van der Waals surface area (Å²) in [6.45, 7) is 0. The Labute approximate surface area is 133 Å². The smallest absolute Gasteiger partial charge is 0.433 e. The van der Waals surface area contributed by atoms with E-state index in [9.17, 15) is 22.8 Å². The maximum Gasteiger partial charge on any atom is 0.433 e. The summed E-state index contributed by atoms with van der Waals surface area (Å²) < 4.78 is 39.5. The molecule has 1 heterocycles. The highest BCUT2D eigenvalue weighted by atomic mass is 19.4. The van der Waals surface area contributed by atoms with Gasteiger partial charge in [-0.05, 0) is 12.0 Å². The molecular weight excluding hydrogens is 327 g/mol. The van der Waals surface area contributed by atoms with Gasteiger partial charge in [0.25, 0.3) is 0 Å². The molecule has 1 aliphatic carbocycles. The number of aromatic nitrogens is 2. The lowest BCUT2D eigenvalue weighted by atomic mass is 10.0. The van der Waals surface area contributed by atoms with Crippen molar-refractivity contribution in [2.45, 2.75) is 12.6 Å². The molecule has 126 valence electrons. The summed E-state index contributed by atoms with van der Waals surface area (Å²) in [5.41, 5.74) is -1.11. The Morgan fingerprint density at radius 3 is 2.42 bits per heavy atom. The summed E-state index contributed by atoms with van der Waals surface area (Å²) >= 11 is 0. The van der Waals surface area contributed by atoms with E-state index in [4.69, 9.17) is 5.11 Å². The highest BCUT2D eigenvalue weighted by molar-refractivity contribution is 6.00. The van der Waals surface area contributed by atoms with Crippen molar-refractivity contribution in [1.29, 1.82) is 0 Å². The molecule has 0 unspecified atom stereocenters. The van der Waals surface area contributed by atoms with Gasteiger partial charge in [-0.2, -0.15) is 18.3 Å². The third-order valence-corrected chi connectivity index (χ3v) is 3.80. The molecule has 2 atom stereocenters. The highest BCUT2D eigenvalue weighted by Gasteiger charge is 2.49. The number of carboxylic acid groups (broad SMARTS) is 1. The van der Waals surface area contributed by atoms with Gasteiger partial charge in [0.1, 0.15) is 5.69 Å². The van der Waals surface area contributed by atoms with Crippen LogP contribution in [0.5, 0.6) is 0 Å². The van der Waals surface area contributed by atoms with Crippen LogP contribution >= 0.6 is 0 Å². The number of alkyl halides is 3. The second kappa shape index (κ2) is 5.66. The molecule has 0 saturated heterocycles. The fourth-order valence-corrected chi connectivity index (χ4v) is 2.49. The monoisotopic (exact) mass is 339 g/mol. The molecule has 3 N–H and O–H groups in total. The van der Waals surface area contributed by atoms with Crippen LogP contribution in [0.15, 0.2) is 30.3 Å². The van der Waals surface area contributed by atoms with Gasteiger partial charge in [0, 0.05) is 0 Å². The molecule has 0 radical (unpaired) electrons. The predicted octanol–water partition coefficient (Wildman–Crippen LogP) is 2.75. The van der Waals surface area contributed by atoms with E-state index in [1.165, 1.54) is 12.1 Å². The van der Waals surface area contributed by atoms with Crippen LogP contribution in [0.4, 0.5) is 19.0 Å². The number of rotatable bonds is 4. The first-order valence-corrected chi connectivity index (χ1v) is 7.03. The van der Waals surface area contributed by atoms with E-state index in [1.807, 2.05) is 5.10 Å². The molecule has 24 heavy (non-hydrogen) atoms. The third kappa shape index (κ3) is 2.97. The normalized spacial score (nSPS) is 19.8. The van der Waals surface area contributed by atoms with E-state index < -0.39 is 35.6 Å². The van der Waals surface area contributed by atoms with Gasteiger partial charge in [-0.25, -0.2) is 0 Å². The molecule has 1 aliphatic rings. The molecular formula is C15H12F3N3O3. The number of carbonyl (C=O) groups is 2. The zero-order chi connectivity index (χ0) is 17.5. The van der Waals surface area contributed by atoms with Crippen molar-refractivity contribution in [2.75, 3.05) is 5.32 Å². The number of carboxylic acids is 1. The van der Waals surface area contributed by atoms with Crippen molar-refractivity contribution in [3.8, 4) is 11.1 Å².